The van der Waals surface area contributed by atoms with E-state index in [0.29, 0.717) is 25.8 Å². The number of amides is 1. The van der Waals surface area contributed by atoms with Gasteiger partial charge in [-0.3, -0.25) is 9.59 Å². The summed E-state index contributed by atoms with van der Waals surface area (Å²) in [4.78, 5) is 22.6. The summed E-state index contributed by atoms with van der Waals surface area (Å²) in [6.07, 6.45) is 2.48. The fourth-order valence-corrected chi connectivity index (χ4v) is 2.91. The zero-order valence-electron chi connectivity index (χ0n) is 12.7. The molecule has 0 saturated carbocycles. The number of halogens is 1. The maximum Gasteiger partial charge on any atom is 0.305 e. The molecule has 0 radical (unpaired) electrons. The lowest BCUT2D eigenvalue weighted by molar-refractivity contribution is -0.140. The van der Waals surface area contributed by atoms with E-state index >= 15 is 0 Å². The number of rotatable bonds is 8. The van der Waals surface area contributed by atoms with Crippen molar-refractivity contribution in [2.45, 2.75) is 30.6 Å². The second kappa shape index (κ2) is 8.85. The second-order valence-corrected chi connectivity index (χ2v) is 6.77. The fourth-order valence-electron chi connectivity index (χ4n) is 1.84. The summed E-state index contributed by atoms with van der Waals surface area (Å²) >= 11 is 5.76. The molecule has 0 unspecified atom stereocenters. The number of sulfonamides is 1. The van der Waals surface area contributed by atoms with Crippen LogP contribution < -0.4 is 10.5 Å². The Hall–Kier alpha value is -1.64. The van der Waals surface area contributed by atoms with Crippen LogP contribution >= 0.6 is 11.6 Å². The molecule has 1 amide bonds. The number of primary sulfonamides is 1. The van der Waals surface area contributed by atoms with Crippen LogP contribution in [-0.4, -0.2) is 33.9 Å². The second-order valence-electron chi connectivity index (χ2n) is 4.83. The molecule has 0 heterocycles. The van der Waals surface area contributed by atoms with E-state index in [1.54, 1.807) is 0 Å². The van der Waals surface area contributed by atoms with Gasteiger partial charge in [-0.25, -0.2) is 13.6 Å². The number of hydrogen-bond acceptors (Lipinski definition) is 5. The van der Waals surface area contributed by atoms with Crippen molar-refractivity contribution in [2.75, 3.05) is 13.7 Å². The quantitative estimate of drug-likeness (QED) is 0.536. The van der Waals surface area contributed by atoms with Gasteiger partial charge in [0.25, 0.3) is 5.91 Å². The number of unbranched alkanes of at least 4 members (excludes halogenated alkanes) is 2. The first-order valence-electron chi connectivity index (χ1n) is 6.93. The Morgan fingerprint density at radius 3 is 2.57 bits per heavy atom. The molecule has 9 heteroatoms. The highest BCUT2D eigenvalue weighted by Gasteiger charge is 2.16. The molecule has 0 aliphatic heterocycles. The number of methoxy groups -OCH3 is 1. The summed E-state index contributed by atoms with van der Waals surface area (Å²) in [5, 5.41) is 7.67. The van der Waals surface area contributed by atoms with Crippen LogP contribution in [0.2, 0.25) is 5.02 Å². The lowest BCUT2D eigenvalue weighted by atomic mass is 10.2. The number of benzene rings is 1. The maximum atomic E-state index is 12.0. The number of ether oxygens (including phenoxy) is 1. The van der Waals surface area contributed by atoms with Crippen LogP contribution in [0, 0.1) is 0 Å². The molecule has 23 heavy (non-hydrogen) atoms. The first-order valence-corrected chi connectivity index (χ1v) is 8.85. The molecule has 0 aromatic heterocycles. The Kier molecular flexibility index (Phi) is 7.47. The zero-order valence-corrected chi connectivity index (χ0v) is 14.2. The van der Waals surface area contributed by atoms with Crippen LogP contribution in [0.25, 0.3) is 0 Å². The summed E-state index contributed by atoms with van der Waals surface area (Å²) < 4.78 is 27.3. The molecule has 128 valence electrons. The van der Waals surface area contributed by atoms with Crippen molar-refractivity contribution in [3.63, 3.8) is 0 Å². The lowest BCUT2D eigenvalue weighted by Gasteiger charge is -2.07. The van der Waals surface area contributed by atoms with E-state index in [9.17, 15) is 18.0 Å². The molecule has 0 saturated heterocycles. The van der Waals surface area contributed by atoms with Gasteiger partial charge >= 0.3 is 5.97 Å². The van der Waals surface area contributed by atoms with Crippen molar-refractivity contribution in [2.24, 2.45) is 5.14 Å². The minimum atomic E-state index is -3.99. The number of carbonyl (C=O) groups is 2. The Balaban J connectivity index is 2.48. The molecule has 1 aromatic rings. The summed E-state index contributed by atoms with van der Waals surface area (Å²) in [7, 11) is -2.65. The van der Waals surface area contributed by atoms with Crippen LogP contribution in [0.3, 0.4) is 0 Å². The Morgan fingerprint density at radius 2 is 1.96 bits per heavy atom. The number of hydrogen-bond donors (Lipinski definition) is 2. The number of nitrogens with two attached hydrogens (primary N) is 1. The van der Waals surface area contributed by atoms with Crippen LogP contribution in [0.1, 0.15) is 36.0 Å². The minimum Gasteiger partial charge on any atom is -0.469 e. The Labute approximate surface area is 140 Å². The molecule has 0 aliphatic carbocycles. The van der Waals surface area contributed by atoms with Gasteiger partial charge in [0.1, 0.15) is 4.90 Å². The van der Waals surface area contributed by atoms with Gasteiger partial charge in [0.15, 0.2) is 0 Å². The largest absolute Gasteiger partial charge is 0.469 e. The molecule has 7 nitrogen and oxygen atoms in total. The highest BCUT2D eigenvalue weighted by molar-refractivity contribution is 7.89. The highest BCUT2D eigenvalue weighted by atomic mass is 35.5. The normalized spacial score (nSPS) is 11.1. The van der Waals surface area contributed by atoms with Crippen LogP contribution in [0.5, 0.6) is 0 Å². The van der Waals surface area contributed by atoms with Crippen molar-refractivity contribution in [3.8, 4) is 0 Å². The van der Waals surface area contributed by atoms with E-state index in [-0.39, 0.29) is 21.5 Å². The van der Waals surface area contributed by atoms with E-state index in [1.807, 2.05) is 0 Å². The lowest BCUT2D eigenvalue weighted by Crippen LogP contribution is -2.25. The van der Waals surface area contributed by atoms with Gasteiger partial charge in [0.05, 0.1) is 12.1 Å². The first-order chi connectivity index (χ1) is 10.8. The predicted octanol–water partition coefficient (Wildman–Crippen LogP) is 1.45. The van der Waals surface area contributed by atoms with Crippen molar-refractivity contribution >= 4 is 33.5 Å². The Morgan fingerprint density at radius 1 is 1.26 bits per heavy atom. The van der Waals surface area contributed by atoms with E-state index in [0.717, 1.165) is 12.5 Å². The monoisotopic (exact) mass is 362 g/mol. The average molecular weight is 363 g/mol. The van der Waals surface area contributed by atoms with Gasteiger partial charge in [0, 0.05) is 18.5 Å². The van der Waals surface area contributed by atoms with Crippen molar-refractivity contribution in [3.05, 3.63) is 28.8 Å². The third-order valence-corrected chi connectivity index (χ3v) is 4.46. The summed E-state index contributed by atoms with van der Waals surface area (Å²) in [6, 6.07) is 3.88. The fraction of sp³-hybridized carbons (Fsp3) is 0.429. The molecule has 1 rings (SSSR count). The zero-order chi connectivity index (χ0) is 17.5. The molecule has 3 N–H and O–H groups in total. The molecule has 1 aromatic carbocycles. The average Bonchev–Trinajstić information content (AvgIpc) is 2.49. The molecule has 0 aliphatic rings. The highest BCUT2D eigenvalue weighted by Crippen LogP contribution is 2.21. The molecular formula is C14H19ClN2O5S. The van der Waals surface area contributed by atoms with Crippen molar-refractivity contribution < 1.29 is 22.7 Å². The summed E-state index contributed by atoms with van der Waals surface area (Å²) in [5.41, 5.74) is 0.160. The van der Waals surface area contributed by atoms with E-state index < -0.39 is 15.9 Å². The third kappa shape index (κ3) is 6.55. The van der Waals surface area contributed by atoms with Gasteiger partial charge in [-0.15, -0.1) is 0 Å². The number of esters is 1. The van der Waals surface area contributed by atoms with Gasteiger partial charge in [0.2, 0.25) is 10.0 Å². The van der Waals surface area contributed by atoms with Crippen molar-refractivity contribution in [1.82, 2.24) is 5.32 Å². The topological polar surface area (TPSA) is 116 Å². The van der Waals surface area contributed by atoms with Gasteiger partial charge < -0.3 is 10.1 Å². The van der Waals surface area contributed by atoms with Crippen LogP contribution in [0.15, 0.2) is 23.1 Å². The maximum absolute atomic E-state index is 12.0. The number of carbonyl (C=O) groups excluding carboxylic acids is 2. The van der Waals surface area contributed by atoms with Crippen molar-refractivity contribution in [1.29, 1.82) is 0 Å². The van der Waals surface area contributed by atoms with E-state index in [2.05, 4.69) is 10.1 Å². The van der Waals surface area contributed by atoms with Gasteiger partial charge in [-0.1, -0.05) is 18.0 Å². The summed E-state index contributed by atoms with van der Waals surface area (Å²) in [5.74, 6) is -0.676. The SMILES string of the molecule is COC(=O)CCCCCNC(=O)c1ccc(Cl)c(S(N)(=O)=O)c1. The van der Waals surface area contributed by atoms with Crippen LogP contribution in [-0.2, 0) is 19.6 Å². The van der Waals surface area contributed by atoms with E-state index in [1.165, 1.54) is 19.2 Å². The minimum absolute atomic E-state index is 0.0353. The number of nitrogens with one attached hydrogen (secondary N) is 1. The molecule has 0 bridgehead atoms. The summed E-state index contributed by atoms with van der Waals surface area (Å²) in [6.45, 7) is 0.410. The molecule has 0 atom stereocenters. The molecule has 0 spiro atoms. The van der Waals surface area contributed by atoms with Crippen LogP contribution in [0.4, 0.5) is 0 Å². The van der Waals surface area contributed by atoms with Gasteiger partial charge in [-0.05, 0) is 31.0 Å². The Bertz CT molecular complexity index is 676. The van der Waals surface area contributed by atoms with Gasteiger partial charge in [-0.2, -0.15) is 0 Å². The third-order valence-electron chi connectivity index (χ3n) is 3.07. The predicted molar refractivity (Wildman–Crippen MR) is 85.6 cm³/mol. The molecule has 0 fully saturated rings. The standard InChI is InChI=1S/C14H19ClN2O5S/c1-22-13(18)5-3-2-4-8-17-14(19)10-6-7-11(15)12(9-10)23(16,20)21/h6-7,9H,2-5,8H2,1H3,(H,17,19)(H2,16,20,21). The molecular weight excluding hydrogens is 344 g/mol. The van der Waals surface area contributed by atoms with E-state index in [4.69, 9.17) is 16.7 Å². The first kappa shape index (κ1) is 19.4. The smallest absolute Gasteiger partial charge is 0.305 e.